The Bertz CT molecular complexity index is 550. The van der Waals surface area contributed by atoms with Gasteiger partial charge in [-0.05, 0) is 48.6 Å². The van der Waals surface area contributed by atoms with Crippen LogP contribution in [0, 0.1) is 0 Å². The molecular weight excluding hydrogens is 244 g/mol. The van der Waals surface area contributed by atoms with E-state index in [2.05, 4.69) is 47.6 Å². The maximum Gasteiger partial charge on any atom is 0.0300 e. The minimum absolute atomic E-state index is 0.507. The lowest BCUT2D eigenvalue weighted by molar-refractivity contribution is 0.434. The van der Waals surface area contributed by atoms with Gasteiger partial charge in [-0.25, -0.2) is 0 Å². The molecule has 3 rings (SSSR count). The minimum atomic E-state index is 0.507. The van der Waals surface area contributed by atoms with Gasteiger partial charge in [-0.3, -0.25) is 4.98 Å². The van der Waals surface area contributed by atoms with E-state index in [1.165, 1.54) is 24.0 Å². The second kappa shape index (κ2) is 6.19. The molecule has 2 unspecified atom stereocenters. The standard InChI is InChI=1S/C18H22N2/c1-2-20-18(12-14-6-5-11-19-13-14)17-10-9-15-7-3-4-8-16(15)17/h3-8,11,13,17-18,20H,2,9-10,12H2,1H3. The zero-order valence-corrected chi connectivity index (χ0v) is 12.0. The highest BCUT2D eigenvalue weighted by atomic mass is 14.9. The molecule has 2 atom stereocenters. The summed E-state index contributed by atoms with van der Waals surface area (Å²) >= 11 is 0. The maximum atomic E-state index is 4.24. The molecule has 0 spiro atoms. The highest BCUT2D eigenvalue weighted by molar-refractivity contribution is 5.36. The molecule has 1 N–H and O–H groups in total. The Balaban J connectivity index is 1.81. The van der Waals surface area contributed by atoms with Gasteiger partial charge >= 0.3 is 0 Å². The highest BCUT2D eigenvalue weighted by Gasteiger charge is 2.29. The quantitative estimate of drug-likeness (QED) is 0.898. The molecule has 2 nitrogen and oxygen atoms in total. The largest absolute Gasteiger partial charge is 0.313 e. The molecule has 1 aromatic heterocycles. The van der Waals surface area contributed by atoms with Gasteiger partial charge in [0.05, 0.1) is 0 Å². The molecule has 0 fully saturated rings. The van der Waals surface area contributed by atoms with Gasteiger partial charge < -0.3 is 5.32 Å². The van der Waals surface area contributed by atoms with Crippen LogP contribution in [-0.2, 0) is 12.8 Å². The van der Waals surface area contributed by atoms with E-state index in [0.717, 1.165) is 13.0 Å². The number of pyridine rings is 1. The van der Waals surface area contributed by atoms with Gasteiger partial charge in [-0.2, -0.15) is 0 Å². The lowest BCUT2D eigenvalue weighted by Crippen LogP contribution is -2.36. The fourth-order valence-corrected chi connectivity index (χ4v) is 3.40. The van der Waals surface area contributed by atoms with Crippen molar-refractivity contribution in [3.8, 4) is 0 Å². The van der Waals surface area contributed by atoms with Gasteiger partial charge in [0.25, 0.3) is 0 Å². The summed E-state index contributed by atoms with van der Waals surface area (Å²) < 4.78 is 0. The average Bonchev–Trinajstić information content (AvgIpc) is 2.92. The molecule has 104 valence electrons. The topological polar surface area (TPSA) is 24.9 Å². The number of rotatable bonds is 5. The van der Waals surface area contributed by atoms with Gasteiger partial charge in [-0.15, -0.1) is 0 Å². The van der Waals surface area contributed by atoms with Crippen LogP contribution in [0.5, 0.6) is 0 Å². The third-order valence-electron chi connectivity index (χ3n) is 4.31. The fraction of sp³-hybridized carbons (Fsp3) is 0.389. The SMILES string of the molecule is CCNC(Cc1cccnc1)C1CCc2ccccc21. The van der Waals surface area contributed by atoms with Crippen LogP contribution in [0.2, 0.25) is 0 Å². The zero-order chi connectivity index (χ0) is 13.8. The number of aryl methyl sites for hydroxylation is 1. The lowest BCUT2D eigenvalue weighted by Gasteiger charge is -2.25. The van der Waals surface area contributed by atoms with E-state index in [0.29, 0.717) is 12.0 Å². The Morgan fingerprint density at radius 2 is 2.15 bits per heavy atom. The number of nitrogens with one attached hydrogen (secondary N) is 1. The van der Waals surface area contributed by atoms with Gasteiger partial charge in [-0.1, -0.05) is 37.3 Å². The molecule has 0 saturated carbocycles. The number of aromatic nitrogens is 1. The summed E-state index contributed by atoms with van der Waals surface area (Å²) in [4.78, 5) is 4.24. The molecule has 0 saturated heterocycles. The van der Waals surface area contributed by atoms with E-state index >= 15 is 0 Å². The molecule has 1 aliphatic rings. The minimum Gasteiger partial charge on any atom is -0.313 e. The predicted octanol–water partition coefficient (Wildman–Crippen LogP) is 3.33. The van der Waals surface area contributed by atoms with Crippen LogP contribution < -0.4 is 5.32 Å². The van der Waals surface area contributed by atoms with E-state index in [1.807, 2.05) is 18.5 Å². The molecule has 2 aromatic rings. The van der Waals surface area contributed by atoms with Crippen LogP contribution in [0.15, 0.2) is 48.8 Å². The van der Waals surface area contributed by atoms with E-state index in [9.17, 15) is 0 Å². The van der Waals surface area contributed by atoms with Crippen molar-refractivity contribution in [2.45, 2.75) is 38.1 Å². The molecule has 2 heteroatoms. The molecule has 0 radical (unpaired) electrons. The lowest BCUT2D eigenvalue weighted by atomic mass is 9.89. The molecule has 1 aromatic carbocycles. The monoisotopic (exact) mass is 266 g/mol. The van der Waals surface area contributed by atoms with Crippen molar-refractivity contribution < 1.29 is 0 Å². The predicted molar refractivity (Wildman–Crippen MR) is 82.9 cm³/mol. The van der Waals surface area contributed by atoms with Crippen LogP contribution >= 0.6 is 0 Å². The molecule has 0 amide bonds. The van der Waals surface area contributed by atoms with Gasteiger partial charge in [0.1, 0.15) is 0 Å². The number of nitrogens with zero attached hydrogens (tertiary/aromatic N) is 1. The first-order valence-corrected chi connectivity index (χ1v) is 7.58. The molecular formula is C18H22N2. The third kappa shape index (κ3) is 2.75. The van der Waals surface area contributed by atoms with Crippen LogP contribution in [0.4, 0.5) is 0 Å². The molecule has 20 heavy (non-hydrogen) atoms. The Morgan fingerprint density at radius 1 is 1.25 bits per heavy atom. The highest BCUT2D eigenvalue weighted by Crippen LogP contribution is 2.36. The summed E-state index contributed by atoms with van der Waals surface area (Å²) in [6, 6.07) is 13.6. The Hall–Kier alpha value is -1.67. The summed E-state index contributed by atoms with van der Waals surface area (Å²) in [5.74, 6) is 0.631. The molecule has 0 bridgehead atoms. The van der Waals surface area contributed by atoms with Crippen LogP contribution in [0.1, 0.15) is 36.0 Å². The van der Waals surface area contributed by atoms with E-state index in [4.69, 9.17) is 0 Å². The Kier molecular flexibility index (Phi) is 4.12. The second-order valence-corrected chi connectivity index (χ2v) is 5.57. The number of hydrogen-bond donors (Lipinski definition) is 1. The smallest absolute Gasteiger partial charge is 0.0300 e. The first-order valence-electron chi connectivity index (χ1n) is 7.58. The first-order chi connectivity index (χ1) is 9.88. The van der Waals surface area contributed by atoms with Gasteiger partial charge in [0.2, 0.25) is 0 Å². The van der Waals surface area contributed by atoms with Crippen LogP contribution in [0.25, 0.3) is 0 Å². The van der Waals surface area contributed by atoms with E-state index in [-0.39, 0.29) is 0 Å². The molecule has 1 heterocycles. The Morgan fingerprint density at radius 3 is 2.95 bits per heavy atom. The second-order valence-electron chi connectivity index (χ2n) is 5.57. The van der Waals surface area contributed by atoms with E-state index in [1.54, 1.807) is 5.56 Å². The number of hydrogen-bond acceptors (Lipinski definition) is 2. The van der Waals surface area contributed by atoms with Crippen molar-refractivity contribution in [2.24, 2.45) is 0 Å². The van der Waals surface area contributed by atoms with Crippen molar-refractivity contribution in [1.29, 1.82) is 0 Å². The zero-order valence-electron chi connectivity index (χ0n) is 12.0. The summed E-state index contributed by atoms with van der Waals surface area (Å²) in [5.41, 5.74) is 4.40. The first kappa shape index (κ1) is 13.3. The van der Waals surface area contributed by atoms with Crippen molar-refractivity contribution in [1.82, 2.24) is 10.3 Å². The number of fused-ring (bicyclic) bond motifs is 1. The summed E-state index contributed by atoms with van der Waals surface area (Å²) in [7, 11) is 0. The van der Waals surface area contributed by atoms with Gasteiger partial charge in [0.15, 0.2) is 0 Å². The molecule has 0 aliphatic heterocycles. The number of benzene rings is 1. The third-order valence-corrected chi connectivity index (χ3v) is 4.31. The maximum absolute atomic E-state index is 4.24. The van der Waals surface area contributed by atoms with E-state index < -0.39 is 0 Å². The van der Waals surface area contributed by atoms with Crippen molar-refractivity contribution in [3.63, 3.8) is 0 Å². The van der Waals surface area contributed by atoms with Gasteiger partial charge in [0, 0.05) is 24.4 Å². The average molecular weight is 266 g/mol. The number of likely N-dealkylation sites (N-methyl/N-ethyl adjacent to an activating group) is 1. The van der Waals surface area contributed by atoms with Crippen LogP contribution in [0.3, 0.4) is 0 Å². The van der Waals surface area contributed by atoms with Crippen LogP contribution in [-0.4, -0.2) is 17.6 Å². The molecule has 1 aliphatic carbocycles. The Labute approximate surface area is 121 Å². The van der Waals surface area contributed by atoms with Crippen molar-refractivity contribution >= 4 is 0 Å². The van der Waals surface area contributed by atoms with Crippen molar-refractivity contribution in [3.05, 3.63) is 65.5 Å². The summed E-state index contributed by atoms with van der Waals surface area (Å²) in [5, 5.41) is 3.69. The fourth-order valence-electron chi connectivity index (χ4n) is 3.40. The van der Waals surface area contributed by atoms with Crippen molar-refractivity contribution in [2.75, 3.05) is 6.54 Å². The summed E-state index contributed by atoms with van der Waals surface area (Å²) in [6.07, 6.45) is 7.37. The summed E-state index contributed by atoms with van der Waals surface area (Å²) in [6.45, 7) is 3.21. The normalized spacial score (nSPS) is 18.8.